The molecular weight excluding hydrogens is 499 g/mol. The number of hydrogen-bond donors (Lipinski definition) is 1. The Hall–Kier alpha value is -3.05. The van der Waals surface area contributed by atoms with E-state index in [4.69, 9.17) is 9.90 Å². The molecule has 2 fully saturated rings. The summed E-state index contributed by atoms with van der Waals surface area (Å²) in [4.78, 5) is 38.0. The number of halogens is 3. The Morgan fingerprint density at radius 2 is 1.58 bits per heavy atom. The zero-order chi connectivity index (χ0) is 27.3. The number of amides is 1. The molecular formula is C27H34F3N5O3. The first kappa shape index (κ1) is 28.0. The summed E-state index contributed by atoms with van der Waals surface area (Å²) in [6.45, 7) is 10.4. The lowest BCUT2D eigenvalue weighted by atomic mass is 9.68. The molecule has 0 unspecified atom stereocenters. The number of aryl methyl sites for hydroxylation is 1. The van der Waals surface area contributed by atoms with E-state index >= 15 is 0 Å². The number of benzene rings is 1. The number of carbonyl (C=O) groups is 2. The Labute approximate surface area is 220 Å². The molecule has 3 aliphatic heterocycles. The second-order valence-electron chi connectivity index (χ2n) is 10.3. The highest BCUT2D eigenvalue weighted by Crippen LogP contribution is 2.42. The Morgan fingerprint density at radius 3 is 2.16 bits per heavy atom. The molecule has 38 heavy (non-hydrogen) atoms. The third-order valence-electron chi connectivity index (χ3n) is 7.72. The zero-order valence-electron chi connectivity index (χ0n) is 21.6. The third-order valence-corrected chi connectivity index (χ3v) is 7.72. The summed E-state index contributed by atoms with van der Waals surface area (Å²) in [6, 6.07) is 8.74. The molecule has 0 atom stereocenters. The van der Waals surface area contributed by atoms with Crippen LogP contribution in [-0.4, -0.2) is 93.6 Å². The number of rotatable bonds is 4. The minimum Gasteiger partial charge on any atom is -0.475 e. The Morgan fingerprint density at radius 1 is 0.974 bits per heavy atom. The molecule has 5 rings (SSSR count). The number of carboxylic acids is 1. The largest absolute Gasteiger partial charge is 0.490 e. The SMILES string of the molecule is Cc1cnc(C(=O)N2Cc3ccccc3C3(CCN(CCN4CCCC4)CC3)C2)cn1.O=C(O)C(F)(F)F. The molecule has 0 aliphatic carbocycles. The van der Waals surface area contributed by atoms with Crippen molar-refractivity contribution in [2.24, 2.45) is 0 Å². The predicted molar refractivity (Wildman–Crippen MR) is 135 cm³/mol. The number of likely N-dealkylation sites (tertiary alicyclic amines) is 2. The molecule has 1 aromatic carbocycles. The number of alkyl halides is 3. The van der Waals surface area contributed by atoms with Gasteiger partial charge in [0.05, 0.1) is 11.9 Å². The molecule has 3 aliphatic rings. The first-order chi connectivity index (χ1) is 18.1. The van der Waals surface area contributed by atoms with Gasteiger partial charge in [-0.25, -0.2) is 9.78 Å². The van der Waals surface area contributed by atoms with Gasteiger partial charge in [0, 0.05) is 37.8 Å². The van der Waals surface area contributed by atoms with Crippen molar-refractivity contribution in [2.75, 3.05) is 45.8 Å². The normalized spacial score (nSPS) is 19.5. The lowest BCUT2D eigenvalue weighted by molar-refractivity contribution is -0.192. The van der Waals surface area contributed by atoms with Crippen LogP contribution in [-0.2, 0) is 16.8 Å². The van der Waals surface area contributed by atoms with Gasteiger partial charge in [0.1, 0.15) is 5.69 Å². The lowest BCUT2D eigenvalue weighted by Crippen LogP contribution is -2.53. The van der Waals surface area contributed by atoms with E-state index in [-0.39, 0.29) is 11.3 Å². The molecule has 8 nitrogen and oxygen atoms in total. The number of aromatic nitrogens is 2. The average Bonchev–Trinajstić information content (AvgIpc) is 3.42. The standard InChI is InChI=1S/C25H33N5O.C2HF3O2/c1-20-16-27-23(17-26-20)24(31)30-18-21-6-2-3-7-22(21)25(19-30)8-12-29(13-9-25)15-14-28-10-4-5-11-28;3-2(4,5)1(6)7/h2-3,6-7,16-17H,4-5,8-15,18-19H2,1H3;(H,6,7). The molecule has 206 valence electrons. The van der Waals surface area contributed by atoms with Gasteiger partial charge in [-0.1, -0.05) is 24.3 Å². The van der Waals surface area contributed by atoms with Crippen LogP contribution in [0, 0.1) is 6.92 Å². The number of carbonyl (C=O) groups excluding carboxylic acids is 1. The maximum atomic E-state index is 13.3. The molecule has 2 aromatic rings. The monoisotopic (exact) mass is 533 g/mol. The van der Waals surface area contributed by atoms with Gasteiger partial charge in [-0.15, -0.1) is 0 Å². The van der Waals surface area contributed by atoms with Gasteiger partial charge in [0.2, 0.25) is 0 Å². The van der Waals surface area contributed by atoms with Crippen molar-refractivity contribution in [3.8, 4) is 0 Å². The van der Waals surface area contributed by atoms with Crippen molar-refractivity contribution in [1.82, 2.24) is 24.7 Å². The van der Waals surface area contributed by atoms with Crippen LogP contribution >= 0.6 is 0 Å². The van der Waals surface area contributed by atoms with E-state index in [1.54, 1.807) is 12.4 Å². The van der Waals surface area contributed by atoms with E-state index in [1.165, 1.54) is 50.1 Å². The number of fused-ring (bicyclic) bond motifs is 2. The molecule has 0 radical (unpaired) electrons. The Balaban J connectivity index is 0.000000426. The average molecular weight is 534 g/mol. The Bertz CT molecular complexity index is 1110. The number of piperidine rings is 1. The Kier molecular flexibility index (Phi) is 8.67. The van der Waals surface area contributed by atoms with E-state index in [2.05, 4.69) is 44.0 Å². The van der Waals surface area contributed by atoms with Crippen molar-refractivity contribution >= 4 is 11.9 Å². The molecule has 1 spiro atoms. The van der Waals surface area contributed by atoms with Gasteiger partial charge >= 0.3 is 12.1 Å². The lowest BCUT2D eigenvalue weighted by Gasteiger charge is -2.48. The van der Waals surface area contributed by atoms with E-state index in [0.29, 0.717) is 12.2 Å². The van der Waals surface area contributed by atoms with Crippen LogP contribution in [0.2, 0.25) is 0 Å². The highest BCUT2D eigenvalue weighted by molar-refractivity contribution is 5.92. The summed E-state index contributed by atoms with van der Waals surface area (Å²) in [6.07, 6.45) is 3.14. The molecule has 0 saturated carbocycles. The maximum absolute atomic E-state index is 13.3. The quantitative estimate of drug-likeness (QED) is 0.644. The minimum absolute atomic E-state index is 0.00200. The summed E-state index contributed by atoms with van der Waals surface area (Å²) in [5.41, 5.74) is 4.06. The van der Waals surface area contributed by atoms with Gasteiger partial charge in [-0.05, 0) is 69.9 Å². The molecule has 2 saturated heterocycles. The van der Waals surface area contributed by atoms with Gasteiger partial charge in [-0.3, -0.25) is 9.78 Å². The fourth-order valence-electron chi connectivity index (χ4n) is 5.62. The predicted octanol–water partition coefficient (Wildman–Crippen LogP) is 3.50. The van der Waals surface area contributed by atoms with Crippen molar-refractivity contribution < 1.29 is 27.9 Å². The van der Waals surface area contributed by atoms with Crippen LogP contribution in [0.15, 0.2) is 36.7 Å². The summed E-state index contributed by atoms with van der Waals surface area (Å²) in [5.74, 6) is -2.76. The highest BCUT2D eigenvalue weighted by Gasteiger charge is 2.43. The first-order valence-corrected chi connectivity index (χ1v) is 13.0. The van der Waals surface area contributed by atoms with Crippen LogP contribution in [0.1, 0.15) is 53.0 Å². The van der Waals surface area contributed by atoms with Gasteiger partial charge in [0.15, 0.2) is 0 Å². The first-order valence-electron chi connectivity index (χ1n) is 13.0. The van der Waals surface area contributed by atoms with Gasteiger partial charge in [0.25, 0.3) is 5.91 Å². The number of nitrogens with zero attached hydrogens (tertiary/aromatic N) is 5. The van der Waals surface area contributed by atoms with Gasteiger partial charge in [-0.2, -0.15) is 13.2 Å². The van der Waals surface area contributed by atoms with Gasteiger partial charge < -0.3 is 19.8 Å². The van der Waals surface area contributed by atoms with Crippen molar-refractivity contribution in [2.45, 2.75) is 50.7 Å². The second kappa shape index (κ2) is 11.8. The molecule has 4 heterocycles. The number of hydrogen-bond acceptors (Lipinski definition) is 6. The fraction of sp³-hybridized carbons (Fsp3) is 0.556. The smallest absolute Gasteiger partial charge is 0.475 e. The molecule has 1 N–H and O–H groups in total. The molecule has 0 bridgehead atoms. The summed E-state index contributed by atoms with van der Waals surface area (Å²) in [5, 5.41) is 7.12. The van der Waals surface area contributed by atoms with E-state index < -0.39 is 12.1 Å². The third kappa shape index (κ3) is 6.68. The van der Waals surface area contributed by atoms with Crippen molar-refractivity contribution in [3.63, 3.8) is 0 Å². The number of carboxylic acid groups (broad SMARTS) is 1. The van der Waals surface area contributed by atoms with E-state index in [9.17, 15) is 18.0 Å². The van der Waals surface area contributed by atoms with Crippen LogP contribution in [0.3, 0.4) is 0 Å². The van der Waals surface area contributed by atoms with E-state index in [0.717, 1.165) is 38.2 Å². The van der Waals surface area contributed by atoms with Crippen LogP contribution < -0.4 is 0 Å². The number of aliphatic carboxylic acids is 1. The summed E-state index contributed by atoms with van der Waals surface area (Å²) in [7, 11) is 0. The summed E-state index contributed by atoms with van der Waals surface area (Å²) < 4.78 is 31.7. The minimum atomic E-state index is -5.08. The van der Waals surface area contributed by atoms with Crippen LogP contribution in [0.5, 0.6) is 0 Å². The van der Waals surface area contributed by atoms with Crippen LogP contribution in [0.25, 0.3) is 0 Å². The van der Waals surface area contributed by atoms with Crippen molar-refractivity contribution in [1.29, 1.82) is 0 Å². The highest BCUT2D eigenvalue weighted by atomic mass is 19.4. The van der Waals surface area contributed by atoms with E-state index in [1.807, 2.05) is 11.8 Å². The summed E-state index contributed by atoms with van der Waals surface area (Å²) >= 11 is 0. The van der Waals surface area contributed by atoms with Crippen LogP contribution in [0.4, 0.5) is 13.2 Å². The molecule has 1 amide bonds. The molecule has 11 heteroatoms. The molecule has 1 aromatic heterocycles. The zero-order valence-corrected chi connectivity index (χ0v) is 21.6. The second-order valence-corrected chi connectivity index (χ2v) is 10.3. The fourth-order valence-corrected chi connectivity index (χ4v) is 5.62. The topological polar surface area (TPSA) is 89.9 Å². The van der Waals surface area contributed by atoms with Crippen molar-refractivity contribution in [3.05, 3.63) is 59.2 Å². The maximum Gasteiger partial charge on any atom is 0.490 e.